The third kappa shape index (κ3) is 10.5. The van der Waals surface area contributed by atoms with Gasteiger partial charge < -0.3 is 32.5 Å². The van der Waals surface area contributed by atoms with Crippen LogP contribution in [0.1, 0.15) is 60.3 Å². The molecule has 10 nitrogen and oxygen atoms in total. The van der Waals surface area contributed by atoms with Gasteiger partial charge in [0.1, 0.15) is 18.1 Å². The van der Waals surface area contributed by atoms with Crippen LogP contribution in [0.25, 0.3) is 0 Å². The molecule has 8 N–H and O–H groups in total. The summed E-state index contributed by atoms with van der Waals surface area (Å²) in [6.45, 7) is 9.17. The van der Waals surface area contributed by atoms with Gasteiger partial charge >= 0.3 is 5.97 Å². The van der Waals surface area contributed by atoms with Gasteiger partial charge in [-0.15, -0.1) is 0 Å². The fourth-order valence-electron chi connectivity index (χ4n) is 2.83. The van der Waals surface area contributed by atoms with E-state index < -0.39 is 47.9 Å². The van der Waals surface area contributed by atoms with Crippen LogP contribution >= 0.6 is 0 Å². The first-order valence-corrected chi connectivity index (χ1v) is 10.5. The van der Waals surface area contributed by atoms with Gasteiger partial charge in [-0.1, -0.05) is 27.7 Å². The maximum atomic E-state index is 12.6. The van der Waals surface area contributed by atoms with Gasteiger partial charge in [0.05, 0.1) is 6.04 Å². The highest BCUT2D eigenvalue weighted by Crippen LogP contribution is 2.07. The predicted octanol–water partition coefficient (Wildman–Crippen LogP) is -0.296. The topological polar surface area (TPSA) is 177 Å². The minimum Gasteiger partial charge on any atom is -0.480 e. The fraction of sp³-hybridized carbons (Fsp3) is 0.800. The molecular weight excluding hydrogens is 390 g/mol. The van der Waals surface area contributed by atoms with Gasteiger partial charge in [-0.25, -0.2) is 4.79 Å². The average Bonchev–Trinajstić information content (AvgIpc) is 2.63. The molecule has 4 unspecified atom stereocenters. The largest absolute Gasteiger partial charge is 0.480 e. The monoisotopic (exact) mass is 429 g/mol. The molecule has 0 radical (unpaired) electrons. The van der Waals surface area contributed by atoms with Gasteiger partial charge in [0.2, 0.25) is 17.7 Å². The summed E-state index contributed by atoms with van der Waals surface area (Å²) in [6.07, 6.45) is 2.01. The number of unbranched alkanes of at least 4 members (excludes halogenated alkanes) is 1. The number of hydrogen-bond donors (Lipinski definition) is 6. The van der Waals surface area contributed by atoms with Crippen LogP contribution in [0.3, 0.4) is 0 Å². The minimum absolute atomic E-state index is 0.230. The Morgan fingerprint density at radius 2 is 1.47 bits per heavy atom. The van der Waals surface area contributed by atoms with Crippen molar-refractivity contribution in [3.05, 3.63) is 0 Å². The van der Waals surface area contributed by atoms with E-state index in [0.717, 1.165) is 0 Å². The zero-order valence-electron chi connectivity index (χ0n) is 18.7. The van der Waals surface area contributed by atoms with E-state index in [4.69, 9.17) is 11.5 Å². The molecule has 0 spiro atoms. The summed E-state index contributed by atoms with van der Waals surface area (Å²) in [5.41, 5.74) is 11.3. The Morgan fingerprint density at radius 3 is 1.93 bits per heavy atom. The van der Waals surface area contributed by atoms with Gasteiger partial charge in [-0.3, -0.25) is 14.4 Å². The second-order valence-corrected chi connectivity index (χ2v) is 8.38. The molecule has 174 valence electrons. The summed E-state index contributed by atoms with van der Waals surface area (Å²) in [7, 11) is 0. The molecule has 0 bridgehead atoms. The van der Waals surface area contributed by atoms with Gasteiger partial charge in [-0.05, 0) is 51.0 Å². The first-order valence-electron chi connectivity index (χ1n) is 10.5. The second kappa shape index (κ2) is 13.9. The molecule has 0 aromatic rings. The van der Waals surface area contributed by atoms with Crippen molar-refractivity contribution in [2.45, 2.75) is 84.5 Å². The molecule has 10 heteroatoms. The van der Waals surface area contributed by atoms with Crippen LogP contribution in [0.15, 0.2) is 0 Å². The number of hydrogen-bond acceptors (Lipinski definition) is 6. The molecule has 0 aromatic carbocycles. The number of rotatable bonds is 14. The van der Waals surface area contributed by atoms with E-state index in [-0.39, 0.29) is 11.8 Å². The second-order valence-electron chi connectivity index (χ2n) is 8.38. The van der Waals surface area contributed by atoms with Gasteiger partial charge in [0.15, 0.2) is 0 Å². The predicted molar refractivity (Wildman–Crippen MR) is 114 cm³/mol. The minimum atomic E-state index is -1.15. The molecule has 0 saturated carbocycles. The Kier molecular flexibility index (Phi) is 12.9. The Balaban J connectivity index is 5.08. The van der Waals surface area contributed by atoms with Gasteiger partial charge in [0.25, 0.3) is 0 Å². The lowest BCUT2D eigenvalue weighted by molar-refractivity contribution is -0.143. The quantitative estimate of drug-likeness (QED) is 0.205. The lowest BCUT2D eigenvalue weighted by Gasteiger charge is -2.25. The molecule has 30 heavy (non-hydrogen) atoms. The van der Waals surface area contributed by atoms with Crippen LogP contribution in [0.2, 0.25) is 0 Å². The van der Waals surface area contributed by atoms with E-state index in [9.17, 15) is 24.3 Å². The smallest absolute Gasteiger partial charge is 0.326 e. The molecule has 0 aliphatic rings. The zero-order valence-corrected chi connectivity index (χ0v) is 18.7. The zero-order chi connectivity index (χ0) is 23.4. The van der Waals surface area contributed by atoms with Crippen molar-refractivity contribution in [1.29, 1.82) is 0 Å². The summed E-state index contributed by atoms with van der Waals surface area (Å²) in [5, 5.41) is 16.9. The molecule has 0 aliphatic carbocycles. The molecule has 0 saturated heterocycles. The summed E-state index contributed by atoms with van der Waals surface area (Å²) in [4.78, 5) is 48.7. The van der Waals surface area contributed by atoms with Crippen molar-refractivity contribution in [2.75, 3.05) is 6.54 Å². The summed E-state index contributed by atoms with van der Waals surface area (Å²) in [5.74, 6) is -2.83. The van der Waals surface area contributed by atoms with Crippen LogP contribution in [-0.2, 0) is 19.2 Å². The molecular formula is C20H39N5O5. The van der Waals surface area contributed by atoms with Crippen molar-refractivity contribution in [2.24, 2.45) is 23.3 Å². The van der Waals surface area contributed by atoms with E-state index in [2.05, 4.69) is 16.0 Å². The number of carbonyl (C=O) groups excluding carboxylic acids is 3. The molecule has 4 atom stereocenters. The van der Waals surface area contributed by atoms with Crippen molar-refractivity contribution >= 4 is 23.7 Å². The van der Waals surface area contributed by atoms with Gasteiger partial charge in [-0.2, -0.15) is 0 Å². The molecule has 0 aromatic heterocycles. The average molecular weight is 430 g/mol. The third-order valence-corrected chi connectivity index (χ3v) is 4.62. The number of amides is 3. The van der Waals surface area contributed by atoms with Crippen LogP contribution in [0.5, 0.6) is 0 Å². The number of aliphatic carboxylic acids is 1. The first kappa shape index (κ1) is 27.8. The Morgan fingerprint density at radius 1 is 0.867 bits per heavy atom. The maximum absolute atomic E-state index is 12.6. The summed E-state index contributed by atoms with van der Waals surface area (Å²) in [6, 6.07) is -3.64. The molecule has 0 aliphatic heterocycles. The fourth-order valence-corrected chi connectivity index (χ4v) is 2.83. The SMILES string of the molecule is CC(C)CC(N)C(=O)NC(C)C(=O)NC(CCCCN)C(=O)NC(C(=O)O)C(C)C. The number of carboxylic acid groups (broad SMARTS) is 1. The summed E-state index contributed by atoms with van der Waals surface area (Å²) >= 11 is 0. The van der Waals surface area contributed by atoms with E-state index in [1.807, 2.05) is 13.8 Å². The number of nitrogens with one attached hydrogen (secondary N) is 3. The van der Waals surface area contributed by atoms with Crippen LogP contribution in [0, 0.1) is 11.8 Å². The maximum Gasteiger partial charge on any atom is 0.326 e. The lowest BCUT2D eigenvalue weighted by atomic mass is 10.0. The highest BCUT2D eigenvalue weighted by molar-refractivity contribution is 5.93. The Labute approximate surface area is 178 Å². The van der Waals surface area contributed by atoms with Crippen LogP contribution in [-0.4, -0.2) is 59.5 Å². The summed E-state index contributed by atoms with van der Waals surface area (Å²) < 4.78 is 0. The van der Waals surface area contributed by atoms with Crippen LogP contribution < -0.4 is 27.4 Å². The normalized spacial score (nSPS) is 15.2. The highest BCUT2D eigenvalue weighted by atomic mass is 16.4. The number of carboxylic acids is 1. The molecule has 3 amide bonds. The first-order chi connectivity index (χ1) is 13.9. The molecule has 0 fully saturated rings. The van der Waals surface area contributed by atoms with E-state index in [0.29, 0.717) is 32.2 Å². The van der Waals surface area contributed by atoms with E-state index >= 15 is 0 Å². The number of nitrogens with two attached hydrogens (primary N) is 2. The van der Waals surface area contributed by atoms with Crippen molar-refractivity contribution < 1.29 is 24.3 Å². The molecule has 0 heterocycles. The van der Waals surface area contributed by atoms with Crippen LogP contribution in [0.4, 0.5) is 0 Å². The van der Waals surface area contributed by atoms with Crippen molar-refractivity contribution in [3.63, 3.8) is 0 Å². The van der Waals surface area contributed by atoms with Gasteiger partial charge in [0, 0.05) is 0 Å². The number of carbonyl (C=O) groups is 4. The Bertz CT molecular complexity index is 582. The van der Waals surface area contributed by atoms with Crippen molar-refractivity contribution in [1.82, 2.24) is 16.0 Å². The third-order valence-electron chi connectivity index (χ3n) is 4.62. The Hall–Kier alpha value is -2.20. The highest BCUT2D eigenvalue weighted by Gasteiger charge is 2.29. The van der Waals surface area contributed by atoms with E-state index in [1.165, 1.54) is 6.92 Å². The standard InChI is InChI=1S/C20H39N5O5/c1-11(2)10-14(22)18(27)23-13(5)17(26)24-15(8-6-7-9-21)19(28)25-16(12(3)4)20(29)30/h11-16H,6-10,21-22H2,1-5H3,(H,23,27)(H,24,26)(H,25,28)(H,29,30). The molecule has 0 rings (SSSR count). The lowest BCUT2D eigenvalue weighted by Crippen LogP contribution is -2.57. The van der Waals surface area contributed by atoms with Crippen molar-refractivity contribution in [3.8, 4) is 0 Å². The van der Waals surface area contributed by atoms with E-state index in [1.54, 1.807) is 13.8 Å².